The zero-order valence-corrected chi connectivity index (χ0v) is 15.7. The fourth-order valence-electron chi connectivity index (χ4n) is 2.80. The third-order valence-corrected chi connectivity index (χ3v) is 4.56. The Bertz CT molecular complexity index is 1000. The van der Waals surface area contributed by atoms with Gasteiger partial charge < -0.3 is 15.3 Å². The van der Waals surface area contributed by atoms with Crippen LogP contribution in [0.25, 0.3) is 10.8 Å². The minimum absolute atomic E-state index is 0.368. The zero-order valence-electron chi connectivity index (χ0n) is 15.7. The van der Waals surface area contributed by atoms with Crippen molar-refractivity contribution in [2.45, 2.75) is 20.8 Å². The Kier molecular flexibility index (Phi) is 6.15. The molecule has 0 aliphatic carbocycles. The van der Waals surface area contributed by atoms with Gasteiger partial charge in [0.25, 0.3) is 0 Å². The molecule has 0 aromatic heterocycles. The van der Waals surface area contributed by atoms with E-state index >= 15 is 0 Å². The van der Waals surface area contributed by atoms with Crippen LogP contribution < -0.4 is 0 Å². The number of aromatic carboxylic acids is 3. The van der Waals surface area contributed by atoms with Crippen LogP contribution in [0.3, 0.4) is 0 Å². The van der Waals surface area contributed by atoms with Crippen molar-refractivity contribution < 1.29 is 29.7 Å². The van der Waals surface area contributed by atoms with Crippen molar-refractivity contribution in [2.24, 2.45) is 0 Å². The number of carboxylic acids is 3. The predicted octanol–water partition coefficient (Wildman–Crippen LogP) is 4.55. The molecule has 28 heavy (non-hydrogen) atoms. The van der Waals surface area contributed by atoms with Crippen LogP contribution >= 0.6 is 0 Å². The van der Waals surface area contributed by atoms with E-state index in [0.717, 1.165) is 18.2 Å². The summed E-state index contributed by atoms with van der Waals surface area (Å²) in [7, 11) is 0. The minimum atomic E-state index is -1.37. The van der Waals surface area contributed by atoms with Crippen LogP contribution in [0.1, 0.15) is 47.8 Å². The first-order valence-corrected chi connectivity index (χ1v) is 8.42. The summed E-state index contributed by atoms with van der Waals surface area (Å²) in [5, 5.41) is 28.6. The summed E-state index contributed by atoms with van der Waals surface area (Å²) in [6.07, 6.45) is 0. The van der Waals surface area contributed by atoms with Gasteiger partial charge in [-0.05, 0) is 66.4 Å². The summed E-state index contributed by atoms with van der Waals surface area (Å²) >= 11 is 0. The van der Waals surface area contributed by atoms with Crippen molar-refractivity contribution in [3.05, 3.63) is 81.9 Å². The van der Waals surface area contributed by atoms with E-state index < -0.39 is 17.9 Å². The molecule has 0 aliphatic heterocycles. The Balaban J connectivity index is 0.000000202. The molecule has 0 unspecified atom stereocenters. The Morgan fingerprint density at radius 3 is 1.50 bits per heavy atom. The van der Waals surface area contributed by atoms with Crippen molar-refractivity contribution >= 4 is 28.7 Å². The first-order valence-electron chi connectivity index (χ1n) is 8.42. The van der Waals surface area contributed by atoms with Crippen molar-refractivity contribution in [3.8, 4) is 0 Å². The van der Waals surface area contributed by atoms with Gasteiger partial charge in [0.15, 0.2) is 0 Å². The van der Waals surface area contributed by atoms with Crippen LogP contribution in [0.4, 0.5) is 0 Å². The second-order valence-corrected chi connectivity index (χ2v) is 6.38. The van der Waals surface area contributed by atoms with E-state index in [2.05, 4.69) is 51.1 Å². The lowest BCUT2D eigenvalue weighted by atomic mass is 9.97. The van der Waals surface area contributed by atoms with Gasteiger partial charge in [-0.15, -0.1) is 0 Å². The lowest BCUT2D eigenvalue weighted by Crippen LogP contribution is -2.07. The molecular formula is C22H20O6. The molecule has 3 aromatic carbocycles. The first-order chi connectivity index (χ1) is 13.1. The lowest BCUT2D eigenvalue weighted by molar-refractivity contribution is 0.0696. The number of rotatable bonds is 3. The summed E-state index contributed by atoms with van der Waals surface area (Å²) in [6, 6.07) is 13.5. The van der Waals surface area contributed by atoms with E-state index in [9.17, 15) is 14.4 Å². The van der Waals surface area contributed by atoms with E-state index in [1.165, 1.54) is 27.5 Å². The molecule has 6 heteroatoms. The number of carboxylic acid groups (broad SMARTS) is 3. The number of carbonyl (C=O) groups is 3. The van der Waals surface area contributed by atoms with E-state index in [-0.39, 0.29) is 16.7 Å². The molecule has 0 saturated carbocycles. The Hall–Kier alpha value is -3.67. The molecule has 0 amide bonds. The largest absolute Gasteiger partial charge is 0.478 e. The van der Waals surface area contributed by atoms with Crippen LogP contribution in [0, 0.1) is 20.8 Å². The standard InChI is InChI=1S/C13H14.C9H6O6/c1-9-8-12-6-4-5-7-13(12)11(3)10(9)2;10-7(11)4-1-5(8(12)13)3-6(2-4)9(14)15/h4-8H,1-3H3;1-3H,(H,10,11)(H,12,13)(H,14,15). The highest BCUT2D eigenvalue weighted by molar-refractivity contribution is 5.98. The van der Waals surface area contributed by atoms with Gasteiger partial charge in [0.2, 0.25) is 0 Å². The average molecular weight is 380 g/mol. The van der Waals surface area contributed by atoms with E-state index in [4.69, 9.17) is 15.3 Å². The van der Waals surface area contributed by atoms with Gasteiger partial charge in [0.05, 0.1) is 16.7 Å². The highest BCUT2D eigenvalue weighted by Gasteiger charge is 2.14. The molecule has 0 aliphatic rings. The molecule has 6 nitrogen and oxygen atoms in total. The van der Waals surface area contributed by atoms with Gasteiger partial charge in [0, 0.05) is 0 Å². The van der Waals surface area contributed by atoms with Gasteiger partial charge in [-0.3, -0.25) is 0 Å². The van der Waals surface area contributed by atoms with Crippen molar-refractivity contribution in [2.75, 3.05) is 0 Å². The number of hydrogen-bond donors (Lipinski definition) is 3. The zero-order chi connectivity index (χ0) is 21.0. The third-order valence-electron chi connectivity index (χ3n) is 4.56. The lowest BCUT2D eigenvalue weighted by Gasteiger charge is -2.08. The second kappa shape index (κ2) is 8.35. The first kappa shape index (κ1) is 20.6. The molecule has 0 atom stereocenters. The quantitative estimate of drug-likeness (QED) is 0.615. The van der Waals surface area contributed by atoms with Crippen LogP contribution in [-0.4, -0.2) is 33.2 Å². The SMILES string of the molecule is Cc1cc2ccccc2c(C)c1C.O=C(O)c1cc(C(=O)O)cc(C(=O)O)c1. The molecule has 0 bridgehead atoms. The maximum atomic E-state index is 10.6. The topological polar surface area (TPSA) is 112 Å². The second-order valence-electron chi connectivity index (χ2n) is 6.38. The minimum Gasteiger partial charge on any atom is -0.478 e. The van der Waals surface area contributed by atoms with Crippen LogP contribution in [0.2, 0.25) is 0 Å². The summed E-state index contributed by atoms with van der Waals surface area (Å²) in [4.78, 5) is 31.7. The monoisotopic (exact) mass is 380 g/mol. The summed E-state index contributed by atoms with van der Waals surface area (Å²) in [5.74, 6) is -4.12. The van der Waals surface area contributed by atoms with Gasteiger partial charge in [-0.1, -0.05) is 30.3 Å². The average Bonchev–Trinajstić information content (AvgIpc) is 2.66. The van der Waals surface area contributed by atoms with E-state index in [0.29, 0.717) is 0 Å². The fraction of sp³-hybridized carbons (Fsp3) is 0.136. The molecule has 144 valence electrons. The predicted molar refractivity (Wildman–Crippen MR) is 105 cm³/mol. The third kappa shape index (κ3) is 4.54. The molecule has 3 rings (SSSR count). The van der Waals surface area contributed by atoms with Gasteiger partial charge in [-0.25, -0.2) is 14.4 Å². The highest BCUT2D eigenvalue weighted by Crippen LogP contribution is 2.23. The maximum absolute atomic E-state index is 10.6. The normalized spacial score (nSPS) is 10.1. The molecule has 0 radical (unpaired) electrons. The van der Waals surface area contributed by atoms with Crippen molar-refractivity contribution in [1.29, 1.82) is 0 Å². The molecule has 3 N–H and O–H groups in total. The fourth-order valence-corrected chi connectivity index (χ4v) is 2.80. The Morgan fingerprint density at radius 2 is 1.07 bits per heavy atom. The molecular weight excluding hydrogens is 360 g/mol. The highest BCUT2D eigenvalue weighted by atomic mass is 16.4. The van der Waals surface area contributed by atoms with Crippen LogP contribution in [0.15, 0.2) is 48.5 Å². The van der Waals surface area contributed by atoms with E-state index in [1.807, 2.05) is 0 Å². The molecule has 3 aromatic rings. The number of aryl methyl sites for hydroxylation is 2. The summed E-state index contributed by atoms with van der Waals surface area (Å²) < 4.78 is 0. The Morgan fingerprint density at radius 1 is 0.643 bits per heavy atom. The van der Waals surface area contributed by atoms with Crippen molar-refractivity contribution in [1.82, 2.24) is 0 Å². The molecule has 0 heterocycles. The molecule has 0 fully saturated rings. The maximum Gasteiger partial charge on any atom is 0.335 e. The molecule has 0 saturated heterocycles. The summed E-state index contributed by atoms with van der Waals surface area (Å²) in [5.41, 5.74) is 3.11. The van der Waals surface area contributed by atoms with Crippen LogP contribution in [0.5, 0.6) is 0 Å². The smallest absolute Gasteiger partial charge is 0.335 e. The van der Waals surface area contributed by atoms with Gasteiger partial charge >= 0.3 is 17.9 Å². The number of fused-ring (bicyclic) bond motifs is 1. The summed E-state index contributed by atoms with van der Waals surface area (Å²) in [6.45, 7) is 6.57. The molecule has 0 spiro atoms. The van der Waals surface area contributed by atoms with Gasteiger partial charge in [0.1, 0.15) is 0 Å². The van der Waals surface area contributed by atoms with E-state index in [1.54, 1.807) is 0 Å². The van der Waals surface area contributed by atoms with Crippen molar-refractivity contribution in [3.63, 3.8) is 0 Å². The number of hydrogen-bond acceptors (Lipinski definition) is 3. The number of benzene rings is 3. The van der Waals surface area contributed by atoms with Gasteiger partial charge in [-0.2, -0.15) is 0 Å². The Labute approximate surface area is 161 Å². The van der Waals surface area contributed by atoms with Crippen LogP contribution in [-0.2, 0) is 0 Å².